The third-order valence-electron chi connectivity index (χ3n) is 4.73. The van der Waals surface area contributed by atoms with Gasteiger partial charge >= 0.3 is 0 Å². The van der Waals surface area contributed by atoms with Crippen LogP contribution >= 0.6 is 11.3 Å². The maximum atomic E-state index is 2.32. The highest BCUT2D eigenvalue weighted by atomic mass is 32.1. The standard InChI is InChI=1S/C21H20NS/c1-13-11-14(2)15(3)18(12-13)20-21-17(9-10-22(20)4)16-7-5-6-8-19(16)23-21/h5-12H,1-4H3/q+1. The molecule has 0 aliphatic rings. The lowest BCUT2D eigenvalue weighted by molar-refractivity contribution is -0.659. The van der Waals surface area contributed by atoms with E-state index in [0.717, 1.165) is 0 Å². The van der Waals surface area contributed by atoms with Crippen LogP contribution in [0.25, 0.3) is 31.4 Å². The summed E-state index contributed by atoms with van der Waals surface area (Å²) >= 11 is 1.90. The Bertz CT molecular complexity index is 1060. The lowest BCUT2D eigenvalue weighted by atomic mass is 9.96. The Balaban J connectivity index is 2.17. The zero-order chi connectivity index (χ0) is 16.1. The van der Waals surface area contributed by atoms with Crippen LogP contribution in [0.1, 0.15) is 16.7 Å². The summed E-state index contributed by atoms with van der Waals surface area (Å²) in [5.41, 5.74) is 6.73. The van der Waals surface area contributed by atoms with Gasteiger partial charge in [0.05, 0.1) is 5.56 Å². The average Bonchev–Trinajstić information content (AvgIpc) is 2.89. The van der Waals surface area contributed by atoms with E-state index in [1.807, 2.05) is 11.3 Å². The predicted molar refractivity (Wildman–Crippen MR) is 100 cm³/mol. The predicted octanol–water partition coefficient (Wildman–Crippen LogP) is 5.47. The van der Waals surface area contributed by atoms with Gasteiger partial charge in [-0.2, -0.15) is 4.57 Å². The highest BCUT2D eigenvalue weighted by Crippen LogP contribution is 2.39. The van der Waals surface area contributed by atoms with Crippen molar-refractivity contribution in [2.24, 2.45) is 7.05 Å². The highest BCUT2D eigenvalue weighted by molar-refractivity contribution is 7.26. The molecular formula is C21H20NS+. The molecule has 0 aliphatic heterocycles. The van der Waals surface area contributed by atoms with Crippen LogP contribution in [0.5, 0.6) is 0 Å². The van der Waals surface area contributed by atoms with E-state index in [1.165, 1.54) is 48.1 Å². The zero-order valence-corrected chi connectivity index (χ0v) is 14.8. The first-order chi connectivity index (χ1) is 11.1. The number of thiophene rings is 1. The topological polar surface area (TPSA) is 3.88 Å². The second kappa shape index (κ2) is 5.17. The molecule has 2 aromatic heterocycles. The van der Waals surface area contributed by atoms with E-state index in [-0.39, 0.29) is 0 Å². The summed E-state index contributed by atoms with van der Waals surface area (Å²) in [7, 11) is 2.15. The number of pyridine rings is 1. The summed E-state index contributed by atoms with van der Waals surface area (Å²) in [6, 6.07) is 15.5. The fraction of sp³-hybridized carbons (Fsp3) is 0.190. The molecule has 0 spiro atoms. The lowest BCUT2D eigenvalue weighted by Gasteiger charge is -2.10. The second-order valence-corrected chi connectivity index (χ2v) is 7.42. The van der Waals surface area contributed by atoms with Gasteiger partial charge in [0.1, 0.15) is 11.7 Å². The molecule has 0 aliphatic carbocycles. The Morgan fingerprint density at radius 1 is 0.913 bits per heavy atom. The van der Waals surface area contributed by atoms with Gasteiger partial charge < -0.3 is 0 Å². The number of aromatic nitrogens is 1. The van der Waals surface area contributed by atoms with E-state index in [1.54, 1.807) is 0 Å². The molecule has 0 atom stereocenters. The first-order valence-electron chi connectivity index (χ1n) is 7.94. The summed E-state index contributed by atoms with van der Waals surface area (Å²) < 4.78 is 5.00. The van der Waals surface area contributed by atoms with Gasteiger partial charge in [-0.25, -0.2) is 0 Å². The van der Waals surface area contributed by atoms with Crippen LogP contribution in [-0.2, 0) is 7.05 Å². The van der Waals surface area contributed by atoms with Crippen molar-refractivity contribution >= 4 is 31.5 Å². The molecular weight excluding hydrogens is 298 g/mol. The molecule has 0 radical (unpaired) electrons. The third kappa shape index (κ3) is 2.17. The number of hydrogen-bond donors (Lipinski definition) is 0. The van der Waals surface area contributed by atoms with Crippen molar-refractivity contribution < 1.29 is 4.57 Å². The molecule has 0 N–H and O–H groups in total. The van der Waals surface area contributed by atoms with Crippen molar-refractivity contribution in [1.29, 1.82) is 0 Å². The van der Waals surface area contributed by atoms with E-state index >= 15 is 0 Å². The first kappa shape index (κ1) is 14.4. The minimum atomic E-state index is 1.32. The number of aryl methyl sites for hydroxylation is 3. The van der Waals surface area contributed by atoms with E-state index in [4.69, 9.17) is 0 Å². The van der Waals surface area contributed by atoms with E-state index in [9.17, 15) is 0 Å². The molecule has 0 unspecified atom stereocenters. The molecule has 2 heteroatoms. The molecule has 0 saturated heterocycles. The summed E-state index contributed by atoms with van der Waals surface area (Å²) in [6.07, 6.45) is 2.19. The largest absolute Gasteiger partial charge is 0.230 e. The fourth-order valence-electron chi connectivity index (χ4n) is 3.43. The van der Waals surface area contributed by atoms with Gasteiger partial charge in [-0.3, -0.25) is 0 Å². The Morgan fingerprint density at radius 3 is 2.52 bits per heavy atom. The van der Waals surface area contributed by atoms with E-state index in [0.29, 0.717) is 0 Å². The first-order valence-corrected chi connectivity index (χ1v) is 8.76. The smallest absolute Gasteiger partial charge is 0.200 e. The monoisotopic (exact) mass is 318 g/mol. The maximum absolute atomic E-state index is 2.32. The Hall–Kier alpha value is -2.19. The van der Waals surface area contributed by atoms with E-state index in [2.05, 4.69) is 81.0 Å². The summed E-state index contributed by atoms with van der Waals surface area (Å²) in [5, 5.41) is 2.72. The SMILES string of the molecule is Cc1cc(C)c(C)c(-c2c3sc4ccccc4c3cc[n+]2C)c1. The molecule has 0 amide bonds. The average molecular weight is 318 g/mol. The zero-order valence-electron chi connectivity index (χ0n) is 14.0. The van der Waals surface area contributed by atoms with Gasteiger partial charge in [-0.15, -0.1) is 11.3 Å². The quantitative estimate of drug-likeness (QED) is 0.410. The molecule has 0 fully saturated rings. The highest BCUT2D eigenvalue weighted by Gasteiger charge is 2.21. The molecule has 4 rings (SSSR count). The van der Waals surface area contributed by atoms with Crippen molar-refractivity contribution in [3.63, 3.8) is 0 Å². The normalized spacial score (nSPS) is 11.5. The van der Waals surface area contributed by atoms with Crippen LogP contribution in [0, 0.1) is 20.8 Å². The second-order valence-electron chi connectivity index (χ2n) is 6.37. The van der Waals surface area contributed by atoms with Gasteiger partial charge in [-0.05, 0) is 44.0 Å². The van der Waals surface area contributed by atoms with E-state index < -0.39 is 0 Å². The number of fused-ring (bicyclic) bond motifs is 3. The van der Waals surface area contributed by atoms with Crippen LogP contribution in [-0.4, -0.2) is 0 Å². The van der Waals surface area contributed by atoms with Crippen molar-refractivity contribution in [3.05, 3.63) is 65.4 Å². The van der Waals surface area contributed by atoms with Crippen LogP contribution in [0.3, 0.4) is 0 Å². The van der Waals surface area contributed by atoms with Gasteiger partial charge in [-0.1, -0.05) is 29.8 Å². The minimum Gasteiger partial charge on any atom is -0.200 e. The van der Waals surface area contributed by atoms with Crippen LogP contribution < -0.4 is 4.57 Å². The minimum absolute atomic E-state index is 1.32. The van der Waals surface area contributed by atoms with Gasteiger partial charge in [0.15, 0.2) is 6.20 Å². The van der Waals surface area contributed by atoms with Crippen molar-refractivity contribution in [3.8, 4) is 11.3 Å². The fourth-order valence-corrected chi connectivity index (χ4v) is 4.72. The Kier molecular flexibility index (Phi) is 3.24. The van der Waals surface area contributed by atoms with Gasteiger partial charge in [0.2, 0.25) is 5.69 Å². The Morgan fingerprint density at radius 2 is 1.70 bits per heavy atom. The Labute approximate surface area is 140 Å². The van der Waals surface area contributed by atoms with Gasteiger partial charge in [0.25, 0.3) is 0 Å². The van der Waals surface area contributed by atoms with Crippen LogP contribution in [0.2, 0.25) is 0 Å². The molecule has 23 heavy (non-hydrogen) atoms. The number of hydrogen-bond acceptors (Lipinski definition) is 1. The number of rotatable bonds is 1. The molecule has 0 saturated carbocycles. The van der Waals surface area contributed by atoms with Crippen molar-refractivity contribution in [2.75, 3.05) is 0 Å². The van der Waals surface area contributed by atoms with Gasteiger partial charge in [0, 0.05) is 21.5 Å². The molecule has 0 bridgehead atoms. The summed E-state index contributed by atoms with van der Waals surface area (Å²) in [4.78, 5) is 0. The van der Waals surface area contributed by atoms with Crippen LogP contribution in [0.4, 0.5) is 0 Å². The third-order valence-corrected chi connectivity index (χ3v) is 5.93. The van der Waals surface area contributed by atoms with Crippen molar-refractivity contribution in [1.82, 2.24) is 0 Å². The maximum Gasteiger partial charge on any atom is 0.230 e. The number of benzene rings is 2. The van der Waals surface area contributed by atoms with Crippen molar-refractivity contribution in [2.45, 2.75) is 20.8 Å². The number of nitrogens with zero attached hydrogens (tertiary/aromatic N) is 1. The molecule has 4 aromatic rings. The summed E-state index contributed by atoms with van der Waals surface area (Å²) in [5.74, 6) is 0. The molecule has 2 aromatic carbocycles. The lowest BCUT2D eigenvalue weighted by Crippen LogP contribution is -2.30. The van der Waals surface area contributed by atoms with Crippen LogP contribution in [0.15, 0.2) is 48.7 Å². The molecule has 2 heterocycles. The summed E-state index contributed by atoms with van der Waals surface area (Å²) in [6.45, 7) is 6.62. The molecule has 1 nitrogen and oxygen atoms in total. The molecule has 114 valence electrons.